The van der Waals surface area contributed by atoms with Crippen LogP contribution in [-0.2, 0) is 0 Å². The van der Waals surface area contributed by atoms with Gasteiger partial charge in [-0.15, -0.1) is 0 Å². The zero-order valence-electron chi connectivity index (χ0n) is 8.57. The monoisotopic (exact) mass is 211 g/mol. The number of aromatic nitrogens is 2. The second kappa shape index (κ2) is 4.84. The molecule has 0 radical (unpaired) electrons. The molecule has 1 aliphatic heterocycles. The molecular formula is C10H17N3S. The molecule has 0 amide bonds. The predicted molar refractivity (Wildman–Crippen MR) is 59.6 cm³/mol. The Kier molecular flexibility index (Phi) is 3.48. The highest BCUT2D eigenvalue weighted by atomic mass is 32.2. The number of piperidine rings is 1. The van der Waals surface area contributed by atoms with Crippen LogP contribution in [0.5, 0.6) is 0 Å². The molecule has 14 heavy (non-hydrogen) atoms. The summed E-state index contributed by atoms with van der Waals surface area (Å²) in [5.41, 5.74) is 0. The van der Waals surface area contributed by atoms with Gasteiger partial charge >= 0.3 is 0 Å². The Hall–Kier alpha value is -0.480. The fourth-order valence-electron chi connectivity index (χ4n) is 1.82. The fraction of sp³-hybridized carbons (Fsp3) is 0.700. The van der Waals surface area contributed by atoms with E-state index in [0.717, 1.165) is 10.4 Å². The van der Waals surface area contributed by atoms with Crippen molar-refractivity contribution in [2.24, 2.45) is 0 Å². The Labute approximate surface area is 89.3 Å². The molecule has 0 spiro atoms. The van der Waals surface area contributed by atoms with Crippen molar-refractivity contribution >= 4 is 11.8 Å². The number of hydrogen-bond donors (Lipinski definition) is 1. The van der Waals surface area contributed by atoms with E-state index in [9.17, 15) is 0 Å². The number of imidazole rings is 1. The van der Waals surface area contributed by atoms with Crippen molar-refractivity contribution in [3.63, 3.8) is 0 Å². The van der Waals surface area contributed by atoms with Gasteiger partial charge in [0.25, 0.3) is 0 Å². The van der Waals surface area contributed by atoms with E-state index in [1.165, 1.54) is 32.5 Å². The lowest BCUT2D eigenvalue weighted by Crippen LogP contribution is -2.34. The first-order chi connectivity index (χ1) is 6.88. The first-order valence-electron chi connectivity index (χ1n) is 5.27. The Balaban J connectivity index is 1.79. The summed E-state index contributed by atoms with van der Waals surface area (Å²) in [6.45, 7) is 5.92. The van der Waals surface area contributed by atoms with Crippen molar-refractivity contribution in [1.29, 1.82) is 0 Å². The lowest BCUT2D eigenvalue weighted by molar-refractivity contribution is 0.244. The van der Waals surface area contributed by atoms with Crippen molar-refractivity contribution in [3.8, 4) is 0 Å². The number of rotatable bonds is 3. The average Bonchev–Trinajstić information content (AvgIpc) is 2.72. The molecule has 2 heterocycles. The Morgan fingerprint density at radius 3 is 2.93 bits per heavy atom. The molecule has 78 valence electrons. The largest absolute Gasteiger partial charge is 0.340 e. The van der Waals surface area contributed by atoms with Crippen molar-refractivity contribution in [3.05, 3.63) is 12.4 Å². The summed E-state index contributed by atoms with van der Waals surface area (Å²) < 4.78 is 0. The van der Waals surface area contributed by atoms with Crippen LogP contribution in [0.2, 0.25) is 0 Å². The van der Waals surface area contributed by atoms with Crippen LogP contribution < -0.4 is 0 Å². The third-order valence-corrected chi connectivity index (χ3v) is 3.98. The number of nitrogens with one attached hydrogen (secondary N) is 1. The van der Waals surface area contributed by atoms with E-state index in [1.54, 1.807) is 0 Å². The average molecular weight is 211 g/mol. The first-order valence-corrected chi connectivity index (χ1v) is 6.15. The molecule has 1 aromatic heterocycles. The van der Waals surface area contributed by atoms with Crippen LogP contribution >= 0.6 is 11.8 Å². The van der Waals surface area contributed by atoms with Crippen molar-refractivity contribution < 1.29 is 0 Å². The summed E-state index contributed by atoms with van der Waals surface area (Å²) in [5, 5.41) is 1.82. The van der Waals surface area contributed by atoms with Gasteiger partial charge in [0.15, 0.2) is 5.16 Å². The SMILES string of the molecule is CCN1CCC(Sc2ncc[nH]2)CC1. The van der Waals surface area contributed by atoms with Gasteiger partial charge in [-0.25, -0.2) is 4.98 Å². The maximum atomic E-state index is 4.24. The van der Waals surface area contributed by atoms with Gasteiger partial charge in [-0.1, -0.05) is 18.7 Å². The number of nitrogens with zero attached hydrogens (tertiary/aromatic N) is 2. The molecule has 0 aromatic carbocycles. The molecule has 4 heteroatoms. The standard InChI is InChI=1S/C10H17N3S/c1-2-13-7-3-9(4-8-13)14-10-11-5-6-12-10/h5-6,9H,2-4,7-8H2,1H3,(H,11,12). The molecule has 0 atom stereocenters. The van der Waals surface area contributed by atoms with Gasteiger partial charge < -0.3 is 9.88 Å². The number of likely N-dealkylation sites (tertiary alicyclic amines) is 1. The minimum Gasteiger partial charge on any atom is -0.340 e. The van der Waals surface area contributed by atoms with E-state index in [-0.39, 0.29) is 0 Å². The smallest absolute Gasteiger partial charge is 0.165 e. The van der Waals surface area contributed by atoms with Crippen molar-refractivity contribution in [2.45, 2.75) is 30.2 Å². The van der Waals surface area contributed by atoms with Crippen LogP contribution in [0.25, 0.3) is 0 Å². The van der Waals surface area contributed by atoms with E-state index >= 15 is 0 Å². The topological polar surface area (TPSA) is 31.9 Å². The molecule has 1 N–H and O–H groups in total. The molecule has 0 aliphatic carbocycles. The third kappa shape index (κ3) is 2.51. The minimum atomic E-state index is 0.754. The van der Waals surface area contributed by atoms with Gasteiger partial charge in [-0.3, -0.25) is 0 Å². The molecule has 1 aliphatic rings. The minimum absolute atomic E-state index is 0.754. The fourth-order valence-corrected chi connectivity index (χ4v) is 2.84. The van der Waals surface area contributed by atoms with E-state index < -0.39 is 0 Å². The van der Waals surface area contributed by atoms with Gasteiger partial charge in [0.05, 0.1) is 0 Å². The Bertz CT molecular complexity index is 252. The number of aromatic amines is 1. The lowest BCUT2D eigenvalue weighted by atomic mass is 10.1. The van der Waals surface area contributed by atoms with E-state index in [2.05, 4.69) is 21.8 Å². The number of thioether (sulfide) groups is 1. The molecule has 0 saturated carbocycles. The van der Waals surface area contributed by atoms with Crippen LogP contribution in [0, 0.1) is 0 Å². The summed E-state index contributed by atoms with van der Waals surface area (Å²) in [6.07, 6.45) is 6.30. The highest BCUT2D eigenvalue weighted by Crippen LogP contribution is 2.27. The zero-order chi connectivity index (χ0) is 9.80. The second-order valence-corrected chi connectivity index (χ2v) is 4.93. The summed E-state index contributed by atoms with van der Waals surface area (Å²) >= 11 is 1.89. The molecule has 0 bridgehead atoms. The number of hydrogen-bond acceptors (Lipinski definition) is 3. The van der Waals surface area contributed by atoms with E-state index in [4.69, 9.17) is 0 Å². The van der Waals surface area contributed by atoms with Crippen molar-refractivity contribution in [1.82, 2.24) is 14.9 Å². The summed E-state index contributed by atoms with van der Waals surface area (Å²) in [6, 6.07) is 0. The Morgan fingerprint density at radius 1 is 1.57 bits per heavy atom. The maximum absolute atomic E-state index is 4.24. The third-order valence-electron chi connectivity index (χ3n) is 2.73. The van der Waals surface area contributed by atoms with Crippen LogP contribution in [0.3, 0.4) is 0 Å². The van der Waals surface area contributed by atoms with Gasteiger partial charge in [-0.05, 0) is 32.5 Å². The van der Waals surface area contributed by atoms with Gasteiger partial charge in [0.2, 0.25) is 0 Å². The second-order valence-electron chi connectivity index (χ2n) is 3.65. The highest BCUT2D eigenvalue weighted by Gasteiger charge is 2.19. The van der Waals surface area contributed by atoms with Crippen LogP contribution in [-0.4, -0.2) is 39.8 Å². The molecule has 3 nitrogen and oxygen atoms in total. The zero-order valence-corrected chi connectivity index (χ0v) is 9.39. The normalized spacial score (nSPS) is 20.1. The van der Waals surface area contributed by atoms with Crippen LogP contribution in [0.15, 0.2) is 17.6 Å². The summed E-state index contributed by atoms with van der Waals surface area (Å²) in [4.78, 5) is 9.90. The van der Waals surface area contributed by atoms with Gasteiger partial charge in [-0.2, -0.15) is 0 Å². The molecule has 2 rings (SSSR count). The summed E-state index contributed by atoms with van der Waals surface area (Å²) in [7, 11) is 0. The van der Waals surface area contributed by atoms with Crippen LogP contribution in [0.1, 0.15) is 19.8 Å². The van der Waals surface area contributed by atoms with E-state index in [1.807, 2.05) is 24.2 Å². The van der Waals surface area contributed by atoms with Gasteiger partial charge in [0, 0.05) is 17.6 Å². The quantitative estimate of drug-likeness (QED) is 0.829. The lowest BCUT2D eigenvalue weighted by Gasteiger charge is -2.30. The Morgan fingerprint density at radius 2 is 2.36 bits per heavy atom. The molecular weight excluding hydrogens is 194 g/mol. The molecule has 1 fully saturated rings. The predicted octanol–water partition coefficient (Wildman–Crippen LogP) is 1.99. The maximum Gasteiger partial charge on any atom is 0.165 e. The van der Waals surface area contributed by atoms with Crippen molar-refractivity contribution in [2.75, 3.05) is 19.6 Å². The summed E-state index contributed by atoms with van der Waals surface area (Å²) in [5.74, 6) is 0. The molecule has 0 unspecified atom stereocenters. The van der Waals surface area contributed by atoms with Gasteiger partial charge in [0.1, 0.15) is 0 Å². The number of H-pyrrole nitrogens is 1. The van der Waals surface area contributed by atoms with E-state index in [0.29, 0.717) is 0 Å². The molecule has 1 aromatic rings. The van der Waals surface area contributed by atoms with Crippen LogP contribution in [0.4, 0.5) is 0 Å². The first kappa shape index (κ1) is 10.1. The molecule has 1 saturated heterocycles. The highest BCUT2D eigenvalue weighted by molar-refractivity contribution is 7.99.